The van der Waals surface area contributed by atoms with Gasteiger partial charge in [0, 0.05) is 16.6 Å². The van der Waals surface area contributed by atoms with Gasteiger partial charge in [-0.2, -0.15) is 0 Å². The number of nitrogens with one attached hydrogen (secondary N) is 1. The molecule has 2 aromatic rings. The van der Waals surface area contributed by atoms with Gasteiger partial charge >= 0.3 is 5.97 Å². The van der Waals surface area contributed by atoms with Gasteiger partial charge in [0.2, 0.25) is 11.8 Å². The Balaban J connectivity index is 1.92. The first kappa shape index (κ1) is 22.6. The van der Waals surface area contributed by atoms with Crippen LogP contribution in [0.3, 0.4) is 0 Å². The molecule has 0 saturated carbocycles. The SMILES string of the molecule is CC(C)C[C@]1(C(=O)O)N[C@H](c2cc(Cl)cc(Cl)c2O)[C@@H]2C(=O)N(c3ccccc3)C(=O)[C@H]21. The van der Waals surface area contributed by atoms with Crippen molar-refractivity contribution in [3.05, 3.63) is 58.1 Å². The van der Waals surface area contributed by atoms with Gasteiger partial charge < -0.3 is 10.2 Å². The predicted molar refractivity (Wildman–Crippen MR) is 120 cm³/mol. The van der Waals surface area contributed by atoms with Gasteiger partial charge in [0.25, 0.3) is 0 Å². The normalized spacial score (nSPS) is 27.3. The number of carbonyl (C=O) groups is 3. The molecule has 2 amide bonds. The highest BCUT2D eigenvalue weighted by molar-refractivity contribution is 6.35. The van der Waals surface area contributed by atoms with Gasteiger partial charge in [-0.05, 0) is 36.6 Å². The lowest BCUT2D eigenvalue weighted by Crippen LogP contribution is -2.56. The number of nitrogens with zero attached hydrogens (tertiary/aromatic N) is 1. The molecule has 0 aromatic heterocycles. The van der Waals surface area contributed by atoms with E-state index in [1.165, 1.54) is 12.1 Å². The first-order valence-corrected chi connectivity index (χ1v) is 11.0. The van der Waals surface area contributed by atoms with Crippen LogP contribution in [0.4, 0.5) is 5.69 Å². The Hall–Kier alpha value is -2.61. The average molecular weight is 477 g/mol. The molecule has 168 valence electrons. The summed E-state index contributed by atoms with van der Waals surface area (Å²) >= 11 is 12.3. The zero-order chi connectivity index (χ0) is 23.4. The van der Waals surface area contributed by atoms with Gasteiger partial charge in [0.15, 0.2) is 0 Å². The minimum Gasteiger partial charge on any atom is -0.506 e. The molecule has 0 spiro atoms. The number of phenols is 1. The number of rotatable bonds is 5. The van der Waals surface area contributed by atoms with Crippen molar-refractivity contribution in [3.8, 4) is 5.75 Å². The van der Waals surface area contributed by atoms with E-state index in [0.717, 1.165) is 4.90 Å². The number of phenolic OH excluding ortho intramolecular Hbond substituents is 1. The van der Waals surface area contributed by atoms with E-state index >= 15 is 0 Å². The van der Waals surface area contributed by atoms with E-state index in [1.807, 2.05) is 13.8 Å². The number of amides is 2. The molecule has 2 aliphatic rings. The summed E-state index contributed by atoms with van der Waals surface area (Å²) in [6.45, 7) is 3.69. The second-order valence-electron chi connectivity index (χ2n) is 8.67. The van der Waals surface area contributed by atoms with Crippen molar-refractivity contribution in [2.45, 2.75) is 31.8 Å². The summed E-state index contributed by atoms with van der Waals surface area (Å²) in [4.78, 5) is 40.8. The maximum Gasteiger partial charge on any atom is 0.324 e. The van der Waals surface area contributed by atoms with Gasteiger partial charge in [0.1, 0.15) is 11.3 Å². The molecule has 2 heterocycles. The molecule has 7 nitrogen and oxygen atoms in total. The minimum absolute atomic E-state index is 0.0285. The van der Waals surface area contributed by atoms with Gasteiger partial charge in [0.05, 0.1) is 22.5 Å². The molecule has 0 radical (unpaired) electrons. The second kappa shape index (κ2) is 8.06. The van der Waals surface area contributed by atoms with Crippen molar-refractivity contribution in [2.24, 2.45) is 17.8 Å². The number of aliphatic carboxylic acids is 1. The lowest BCUT2D eigenvalue weighted by molar-refractivity contribution is -0.149. The summed E-state index contributed by atoms with van der Waals surface area (Å²) in [5.74, 6) is -4.98. The van der Waals surface area contributed by atoms with Crippen molar-refractivity contribution in [3.63, 3.8) is 0 Å². The van der Waals surface area contributed by atoms with Gasteiger partial charge in [-0.25, -0.2) is 4.90 Å². The number of carboxylic acids is 1. The van der Waals surface area contributed by atoms with Crippen LogP contribution in [-0.4, -0.2) is 33.5 Å². The summed E-state index contributed by atoms with van der Waals surface area (Å²) in [5.41, 5.74) is -1.16. The number of benzene rings is 2. The Morgan fingerprint density at radius 2 is 1.81 bits per heavy atom. The van der Waals surface area contributed by atoms with Crippen LogP contribution in [0.2, 0.25) is 10.0 Å². The van der Waals surface area contributed by atoms with Crippen LogP contribution in [0.5, 0.6) is 5.75 Å². The molecule has 0 bridgehead atoms. The standard InChI is InChI=1S/C23H22Cl2N2O5/c1-11(2)10-23(22(31)32)17-16(18(26-23)14-8-12(24)9-15(25)19(14)28)20(29)27(21(17)30)13-6-4-3-5-7-13/h3-9,11,16-18,26,28H,10H2,1-2H3,(H,31,32)/t16-,17+,18-,23+/m1/s1. The van der Waals surface area contributed by atoms with Crippen LogP contribution < -0.4 is 10.2 Å². The maximum atomic E-state index is 13.6. The Bertz CT molecular complexity index is 1110. The highest BCUT2D eigenvalue weighted by atomic mass is 35.5. The predicted octanol–water partition coefficient (Wildman–Crippen LogP) is 4.02. The molecule has 2 aliphatic heterocycles. The van der Waals surface area contributed by atoms with Gasteiger partial charge in [-0.1, -0.05) is 55.2 Å². The molecule has 0 unspecified atom stereocenters. The Morgan fingerprint density at radius 3 is 2.41 bits per heavy atom. The van der Waals surface area contributed by atoms with E-state index in [1.54, 1.807) is 30.3 Å². The third-order valence-electron chi connectivity index (χ3n) is 6.17. The highest BCUT2D eigenvalue weighted by Gasteiger charge is 2.68. The fourth-order valence-electron chi connectivity index (χ4n) is 5.04. The fourth-order valence-corrected chi connectivity index (χ4v) is 5.55. The Kier molecular flexibility index (Phi) is 5.69. The molecule has 9 heteroatoms. The maximum absolute atomic E-state index is 13.6. The van der Waals surface area contributed by atoms with Crippen LogP contribution in [0, 0.1) is 17.8 Å². The van der Waals surface area contributed by atoms with Crippen LogP contribution >= 0.6 is 23.2 Å². The largest absolute Gasteiger partial charge is 0.506 e. The molecule has 2 saturated heterocycles. The molecular formula is C23H22Cl2N2O5. The molecule has 0 aliphatic carbocycles. The second-order valence-corrected chi connectivity index (χ2v) is 9.52. The lowest BCUT2D eigenvalue weighted by atomic mass is 9.75. The van der Waals surface area contributed by atoms with Crippen LogP contribution in [0.25, 0.3) is 0 Å². The number of para-hydroxylation sites is 1. The Labute approximate surface area is 194 Å². The zero-order valence-electron chi connectivity index (χ0n) is 17.4. The molecule has 4 atom stereocenters. The fraction of sp³-hybridized carbons (Fsp3) is 0.348. The van der Waals surface area contributed by atoms with E-state index in [4.69, 9.17) is 23.2 Å². The van der Waals surface area contributed by atoms with Crippen molar-refractivity contribution in [2.75, 3.05) is 4.90 Å². The van der Waals surface area contributed by atoms with Crippen LogP contribution in [0.1, 0.15) is 31.9 Å². The number of hydrogen-bond acceptors (Lipinski definition) is 5. The van der Waals surface area contributed by atoms with Crippen LogP contribution in [0.15, 0.2) is 42.5 Å². The smallest absolute Gasteiger partial charge is 0.324 e. The summed E-state index contributed by atoms with van der Waals surface area (Å²) in [6, 6.07) is 10.2. The van der Waals surface area contributed by atoms with Crippen molar-refractivity contribution >= 4 is 46.7 Å². The van der Waals surface area contributed by atoms with E-state index in [0.29, 0.717) is 5.69 Å². The van der Waals surface area contributed by atoms with Crippen molar-refractivity contribution in [1.82, 2.24) is 5.32 Å². The van der Waals surface area contributed by atoms with E-state index in [2.05, 4.69) is 5.32 Å². The van der Waals surface area contributed by atoms with Gasteiger partial charge in [-0.3, -0.25) is 19.7 Å². The summed E-state index contributed by atoms with van der Waals surface area (Å²) in [5, 5.41) is 24.2. The third kappa shape index (κ3) is 3.36. The van der Waals surface area contributed by atoms with Gasteiger partial charge in [-0.15, -0.1) is 0 Å². The molecule has 2 fully saturated rings. The Morgan fingerprint density at radius 1 is 1.16 bits per heavy atom. The van der Waals surface area contributed by atoms with E-state index < -0.39 is 41.2 Å². The first-order chi connectivity index (χ1) is 15.1. The van der Waals surface area contributed by atoms with Crippen molar-refractivity contribution in [1.29, 1.82) is 0 Å². The quantitative estimate of drug-likeness (QED) is 0.562. The number of carbonyl (C=O) groups excluding carboxylic acids is 2. The third-order valence-corrected chi connectivity index (χ3v) is 6.68. The molecule has 3 N–H and O–H groups in total. The first-order valence-electron chi connectivity index (χ1n) is 10.2. The number of halogens is 2. The summed E-state index contributed by atoms with van der Waals surface area (Å²) in [6.07, 6.45) is 0.108. The summed E-state index contributed by atoms with van der Waals surface area (Å²) in [7, 11) is 0. The number of hydrogen-bond donors (Lipinski definition) is 3. The molecular weight excluding hydrogens is 455 g/mol. The number of carboxylic acid groups (broad SMARTS) is 1. The number of anilines is 1. The number of fused-ring (bicyclic) bond motifs is 1. The lowest BCUT2D eigenvalue weighted by Gasteiger charge is -2.32. The van der Waals surface area contributed by atoms with Crippen molar-refractivity contribution < 1.29 is 24.6 Å². The molecule has 32 heavy (non-hydrogen) atoms. The minimum atomic E-state index is -1.71. The topological polar surface area (TPSA) is 107 Å². The average Bonchev–Trinajstić information content (AvgIpc) is 3.19. The van der Waals surface area contributed by atoms with Crippen LogP contribution in [-0.2, 0) is 14.4 Å². The van der Waals surface area contributed by atoms with E-state index in [-0.39, 0.29) is 33.7 Å². The van der Waals surface area contributed by atoms with E-state index in [9.17, 15) is 24.6 Å². The molecule has 2 aromatic carbocycles. The highest BCUT2D eigenvalue weighted by Crippen LogP contribution is 2.53. The monoisotopic (exact) mass is 476 g/mol. The number of imide groups is 1. The zero-order valence-corrected chi connectivity index (χ0v) is 18.9. The number of aromatic hydroxyl groups is 1. The molecule has 4 rings (SSSR count). The summed E-state index contributed by atoms with van der Waals surface area (Å²) < 4.78 is 0.